The van der Waals surface area contributed by atoms with Crippen molar-refractivity contribution in [2.24, 2.45) is 0 Å². The lowest BCUT2D eigenvalue weighted by atomic mass is 9.94. The second kappa shape index (κ2) is 5.70. The molecule has 1 amide bonds. The summed E-state index contributed by atoms with van der Waals surface area (Å²) in [5.74, 6) is -0.273. The number of carbonyl (C=O) groups is 1. The lowest BCUT2D eigenvalue weighted by Gasteiger charge is -2.23. The predicted octanol–water partition coefficient (Wildman–Crippen LogP) is 2.97. The smallest absolute Gasteiger partial charge is 0.221 e. The molecule has 0 atom stereocenters. The topological polar surface area (TPSA) is 63.2 Å². The van der Waals surface area contributed by atoms with E-state index in [0.29, 0.717) is 27.7 Å². The van der Waals surface area contributed by atoms with Gasteiger partial charge in [-0.1, -0.05) is 30.3 Å². The van der Waals surface area contributed by atoms with Crippen LogP contribution in [0.5, 0.6) is 0 Å². The Morgan fingerprint density at radius 1 is 1.14 bits per heavy atom. The summed E-state index contributed by atoms with van der Waals surface area (Å²) in [5.41, 5.74) is 2.26. The summed E-state index contributed by atoms with van der Waals surface area (Å²) in [6.45, 7) is 1.39. The third kappa shape index (κ3) is 2.60. The Hall–Kier alpha value is -1.92. The van der Waals surface area contributed by atoms with E-state index in [1.165, 1.54) is 18.3 Å². The van der Waals surface area contributed by atoms with Gasteiger partial charge in [-0.3, -0.25) is 4.79 Å². The molecule has 1 aromatic heterocycles. The molecular formula is C16H15NO3S2. The first-order valence-corrected chi connectivity index (χ1v) is 9.24. The Morgan fingerprint density at radius 2 is 1.91 bits per heavy atom. The number of benzene rings is 1. The van der Waals surface area contributed by atoms with Gasteiger partial charge in [0.1, 0.15) is 4.21 Å². The third-order valence-electron chi connectivity index (χ3n) is 3.57. The zero-order valence-corrected chi connectivity index (χ0v) is 13.6. The van der Waals surface area contributed by atoms with Crippen LogP contribution in [0.2, 0.25) is 0 Å². The summed E-state index contributed by atoms with van der Waals surface area (Å²) in [6.07, 6.45) is 1.05. The Kier molecular flexibility index (Phi) is 3.88. The average Bonchev–Trinajstić information content (AvgIpc) is 3.02. The summed E-state index contributed by atoms with van der Waals surface area (Å²) in [5, 5.41) is 4.46. The minimum absolute atomic E-state index is 0.273. The summed E-state index contributed by atoms with van der Waals surface area (Å²) in [7, 11) is -3.57. The van der Waals surface area contributed by atoms with Crippen LogP contribution in [0.3, 0.4) is 0 Å². The summed E-state index contributed by atoms with van der Waals surface area (Å²) >= 11 is 1.19. The number of aryl methyl sites for hydroxylation is 1. The number of amides is 1. The van der Waals surface area contributed by atoms with Gasteiger partial charge in [0, 0.05) is 12.5 Å². The fourth-order valence-corrected chi connectivity index (χ4v) is 5.35. The molecule has 0 aliphatic heterocycles. The van der Waals surface area contributed by atoms with Crippen molar-refractivity contribution in [1.29, 1.82) is 0 Å². The highest BCUT2D eigenvalue weighted by Gasteiger charge is 2.30. The number of sulfone groups is 1. The first kappa shape index (κ1) is 15.0. The van der Waals surface area contributed by atoms with Crippen molar-refractivity contribution < 1.29 is 13.2 Å². The summed E-state index contributed by atoms with van der Waals surface area (Å²) in [4.78, 5) is 11.8. The molecule has 22 heavy (non-hydrogen) atoms. The number of thiophene rings is 1. The van der Waals surface area contributed by atoms with Crippen LogP contribution in [-0.4, -0.2) is 14.3 Å². The van der Waals surface area contributed by atoms with Crippen molar-refractivity contribution in [3.63, 3.8) is 0 Å². The van der Waals surface area contributed by atoms with Crippen molar-refractivity contribution in [2.45, 2.75) is 24.0 Å². The second-order valence-corrected chi connectivity index (χ2v) is 8.22. The van der Waals surface area contributed by atoms with Gasteiger partial charge in [-0.2, -0.15) is 0 Å². The Balaban J connectivity index is 2.22. The van der Waals surface area contributed by atoms with Crippen molar-refractivity contribution >= 4 is 32.8 Å². The quantitative estimate of drug-likeness (QED) is 0.939. The zero-order valence-electron chi connectivity index (χ0n) is 12.0. The Bertz CT molecular complexity index is 849. The second-order valence-electron chi connectivity index (χ2n) is 5.07. The molecule has 1 heterocycles. The lowest BCUT2D eigenvalue weighted by Crippen LogP contribution is -2.25. The summed E-state index contributed by atoms with van der Waals surface area (Å²) in [6, 6.07) is 10.9. The van der Waals surface area contributed by atoms with Crippen molar-refractivity contribution in [3.05, 3.63) is 57.8 Å². The van der Waals surface area contributed by atoms with Crippen LogP contribution in [0.4, 0.5) is 0 Å². The fraction of sp³-hybridized carbons (Fsp3) is 0.188. The van der Waals surface area contributed by atoms with E-state index in [1.807, 2.05) is 24.3 Å². The molecule has 2 aromatic rings. The van der Waals surface area contributed by atoms with Crippen molar-refractivity contribution in [3.8, 4) is 0 Å². The monoisotopic (exact) mass is 333 g/mol. The van der Waals surface area contributed by atoms with E-state index in [2.05, 4.69) is 5.32 Å². The number of nitrogens with one attached hydrogen (secondary N) is 1. The molecule has 0 fully saturated rings. The fourth-order valence-electron chi connectivity index (χ4n) is 2.63. The normalized spacial score (nSPS) is 14.6. The number of hydrogen-bond acceptors (Lipinski definition) is 4. The van der Waals surface area contributed by atoms with Crippen LogP contribution in [0, 0.1) is 0 Å². The van der Waals surface area contributed by atoms with Gasteiger partial charge in [0.05, 0.1) is 10.6 Å². The molecular weight excluding hydrogens is 318 g/mol. The van der Waals surface area contributed by atoms with E-state index in [4.69, 9.17) is 0 Å². The highest BCUT2D eigenvalue weighted by molar-refractivity contribution is 7.97. The zero-order chi connectivity index (χ0) is 15.7. The lowest BCUT2D eigenvalue weighted by molar-refractivity contribution is -0.117. The number of rotatable bonds is 3. The molecule has 1 aromatic carbocycles. The van der Waals surface area contributed by atoms with Crippen LogP contribution in [0.15, 0.2) is 50.9 Å². The molecule has 6 heteroatoms. The average molecular weight is 333 g/mol. The molecule has 0 unspecified atom stereocenters. The van der Waals surface area contributed by atoms with Gasteiger partial charge in [-0.05, 0) is 29.9 Å². The minimum Gasteiger partial charge on any atom is -0.325 e. The molecule has 1 N–H and O–H groups in total. The number of hydrogen-bond donors (Lipinski definition) is 1. The highest BCUT2D eigenvalue weighted by Crippen LogP contribution is 2.36. The van der Waals surface area contributed by atoms with Gasteiger partial charge in [0.15, 0.2) is 0 Å². The summed E-state index contributed by atoms with van der Waals surface area (Å²) < 4.78 is 26.0. The van der Waals surface area contributed by atoms with E-state index >= 15 is 0 Å². The molecule has 114 valence electrons. The molecule has 3 rings (SSSR count). The largest absolute Gasteiger partial charge is 0.325 e. The molecule has 4 nitrogen and oxygen atoms in total. The van der Waals surface area contributed by atoms with Gasteiger partial charge in [-0.25, -0.2) is 8.42 Å². The molecule has 0 bridgehead atoms. The SMILES string of the molecule is CC(=O)NC1=C(S(=O)(=O)c2cccs2)CCc2ccccc21. The van der Waals surface area contributed by atoms with E-state index in [1.54, 1.807) is 17.5 Å². The standard InChI is InChI=1S/C16H15NO3S2/c1-11(18)17-16-13-6-3-2-5-12(13)8-9-14(16)22(19,20)15-7-4-10-21-15/h2-7,10H,8-9H2,1H3,(H,17,18). The van der Waals surface area contributed by atoms with Gasteiger partial charge in [-0.15, -0.1) is 11.3 Å². The van der Waals surface area contributed by atoms with Crippen molar-refractivity contribution in [2.75, 3.05) is 0 Å². The van der Waals surface area contributed by atoms with Crippen molar-refractivity contribution in [1.82, 2.24) is 5.32 Å². The maximum Gasteiger partial charge on any atom is 0.221 e. The molecule has 0 saturated carbocycles. The number of allylic oxidation sites excluding steroid dienone is 1. The highest BCUT2D eigenvalue weighted by atomic mass is 32.2. The van der Waals surface area contributed by atoms with E-state index in [-0.39, 0.29) is 5.91 Å². The Morgan fingerprint density at radius 3 is 2.59 bits per heavy atom. The van der Waals surface area contributed by atoms with Gasteiger partial charge in [0.25, 0.3) is 0 Å². The van der Waals surface area contributed by atoms with Crippen LogP contribution in [0.1, 0.15) is 24.5 Å². The van der Waals surface area contributed by atoms with E-state index < -0.39 is 9.84 Å². The maximum atomic E-state index is 12.9. The number of fused-ring (bicyclic) bond motifs is 1. The van der Waals surface area contributed by atoms with E-state index in [0.717, 1.165) is 11.1 Å². The molecule has 1 aliphatic rings. The van der Waals surface area contributed by atoms with Crippen LogP contribution >= 0.6 is 11.3 Å². The van der Waals surface area contributed by atoms with Gasteiger partial charge < -0.3 is 5.32 Å². The molecule has 0 saturated heterocycles. The first-order valence-electron chi connectivity index (χ1n) is 6.88. The van der Waals surface area contributed by atoms with Gasteiger partial charge >= 0.3 is 0 Å². The third-order valence-corrected chi connectivity index (χ3v) is 6.90. The number of carbonyl (C=O) groups excluding carboxylic acids is 1. The van der Waals surface area contributed by atoms with Crippen LogP contribution in [-0.2, 0) is 21.1 Å². The minimum atomic E-state index is -3.57. The first-order chi connectivity index (χ1) is 10.5. The van der Waals surface area contributed by atoms with Gasteiger partial charge in [0.2, 0.25) is 15.7 Å². The molecule has 1 aliphatic carbocycles. The van der Waals surface area contributed by atoms with Crippen LogP contribution in [0.25, 0.3) is 5.70 Å². The van der Waals surface area contributed by atoms with E-state index in [9.17, 15) is 13.2 Å². The van der Waals surface area contributed by atoms with Crippen LogP contribution < -0.4 is 5.32 Å². The molecule has 0 spiro atoms. The molecule has 0 radical (unpaired) electrons. The Labute approximate surface area is 133 Å². The predicted molar refractivity (Wildman–Crippen MR) is 87.0 cm³/mol. The maximum absolute atomic E-state index is 12.9.